The number of benzene rings is 2. The second kappa shape index (κ2) is 9.72. The minimum Gasteiger partial charge on any atom is -0.369 e. The highest BCUT2D eigenvalue weighted by atomic mass is 79.9. The second-order valence-electron chi connectivity index (χ2n) is 9.59. The van der Waals surface area contributed by atoms with Crippen LogP contribution in [0, 0.1) is 5.82 Å². The fourth-order valence-electron chi connectivity index (χ4n) is 5.70. The molecule has 33 heavy (non-hydrogen) atoms. The Morgan fingerprint density at radius 3 is 2.55 bits per heavy atom. The van der Waals surface area contributed by atoms with E-state index in [0.29, 0.717) is 11.7 Å². The number of piperidine rings is 1. The number of anilines is 1. The van der Waals surface area contributed by atoms with Crippen molar-refractivity contribution in [3.05, 3.63) is 64.4 Å². The number of halogens is 2. The van der Waals surface area contributed by atoms with E-state index in [1.165, 1.54) is 37.0 Å². The normalized spacial score (nSPS) is 23.7. The highest BCUT2D eigenvalue weighted by molar-refractivity contribution is 9.10. The molecule has 1 aliphatic carbocycles. The maximum Gasteiger partial charge on any atom is 0.228 e. The zero-order chi connectivity index (χ0) is 22.8. The van der Waals surface area contributed by atoms with Crippen molar-refractivity contribution in [3.63, 3.8) is 0 Å². The van der Waals surface area contributed by atoms with Crippen molar-refractivity contribution in [1.82, 2.24) is 10.2 Å². The molecule has 2 aliphatic heterocycles. The molecule has 1 atom stereocenters. The van der Waals surface area contributed by atoms with Crippen LogP contribution in [0.25, 0.3) is 0 Å². The molecule has 0 amide bonds. The molecule has 0 bridgehead atoms. The van der Waals surface area contributed by atoms with Crippen molar-refractivity contribution in [2.24, 2.45) is 4.99 Å². The van der Waals surface area contributed by atoms with E-state index in [2.05, 4.69) is 44.3 Å². The van der Waals surface area contributed by atoms with E-state index in [0.717, 1.165) is 55.6 Å². The van der Waals surface area contributed by atoms with Crippen LogP contribution in [0.5, 0.6) is 0 Å². The molecular formula is C26H32BrFN4O. The van der Waals surface area contributed by atoms with Gasteiger partial charge in [0.1, 0.15) is 17.2 Å². The zero-order valence-corrected chi connectivity index (χ0v) is 20.5. The van der Waals surface area contributed by atoms with E-state index in [1.54, 1.807) is 6.07 Å². The lowest BCUT2D eigenvalue weighted by Crippen LogP contribution is -2.62. The highest BCUT2D eigenvalue weighted by Gasteiger charge is 2.51. The number of amidine groups is 1. The maximum absolute atomic E-state index is 14.1. The van der Waals surface area contributed by atoms with Crippen molar-refractivity contribution in [2.75, 3.05) is 18.0 Å². The van der Waals surface area contributed by atoms with E-state index < -0.39 is 11.9 Å². The van der Waals surface area contributed by atoms with Crippen LogP contribution in [-0.4, -0.2) is 46.9 Å². The summed E-state index contributed by atoms with van der Waals surface area (Å²) in [6, 6.07) is 15.4. The number of nitrogens with one attached hydrogen (secondary N) is 1. The number of rotatable bonds is 4. The van der Waals surface area contributed by atoms with Gasteiger partial charge in [-0.05, 0) is 61.6 Å². The summed E-state index contributed by atoms with van der Waals surface area (Å²) in [5.41, 5.74) is 1.52. The first-order valence-electron chi connectivity index (χ1n) is 12.1. The van der Waals surface area contributed by atoms with Gasteiger partial charge in [0.05, 0.1) is 0 Å². The molecule has 3 aliphatic rings. The van der Waals surface area contributed by atoms with Crippen molar-refractivity contribution < 1.29 is 9.50 Å². The molecule has 7 heteroatoms. The lowest BCUT2D eigenvalue weighted by molar-refractivity contribution is 0.135. The Bertz CT molecular complexity index is 1000. The van der Waals surface area contributed by atoms with Gasteiger partial charge in [0.25, 0.3) is 0 Å². The molecule has 2 aromatic rings. The highest BCUT2D eigenvalue weighted by Crippen LogP contribution is 2.40. The van der Waals surface area contributed by atoms with Crippen LogP contribution in [0.15, 0.2) is 58.0 Å². The molecular weight excluding hydrogens is 483 g/mol. The average Bonchev–Trinajstić information content (AvgIpc) is 3.06. The molecule has 1 saturated carbocycles. The third-order valence-corrected chi connectivity index (χ3v) is 7.88. The summed E-state index contributed by atoms with van der Waals surface area (Å²) >= 11 is 3.57. The van der Waals surface area contributed by atoms with E-state index >= 15 is 0 Å². The van der Waals surface area contributed by atoms with Crippen molar-refractivity contribution in [2.45, 2.75) is 69.4 Å². The molecule has 0 radical (unpaired) electrons. The van der Waals surface area contributed by atoms with Crippen LogP contribution in [-0.2, 0) is 6.54 Å². The third kappa shape index (κ3) is 4.81. The molecule has 0 aromatic heterocycles. The molecule has 2 N–H and O–H groups in total. The fraction of sp³-hybridized carbons (Fsp3) is 0.500. The molecule has 2 heterocycles. The maximum atomic E-state index is 14.1. The Morgan fingerprint density at radius 2 is 1.82 bits per heavy atom. The Kier molecular flexibility index (Phi) is 6.72. The first-order valence-corrected chi connectivity index (χ1v) is 12.9. The van der Waals surface area contributed by atoms with Gasteiger partial charge in [0, 0.05) is 35.8 Å². The van der Waals surface area contributed by atoms with Gasteiger partial charge in [-0.2, -0.15) is 0 Å². The van der Waals surface area contributed by atoms with Crippen LogP contribution >= 0.6 is 15.9 Å². The third-order valence-electron chi connectivity index (χ3n) is 7.39. The van der Waals surface area contributed by atoms with Crippen molar-refractivity contribution >= 4 is 27.5 Å². The summed E-state index contributed by atoms with van der Waals surface area (Å²) < 4.78 is 15.2. The van der Waals surface area contributed by atoms with Gasteiger partial charge in [-0.15, -0.1) is 0 Å². The summed E-state index contributed by atoms with van der Waals surface area (Å²) in [5, 5.41) is 14.8. The van der Waals surface area contributed by atoms with E-state index in [4.69, 9.17) is 4.99 Å². The van der Waals surface area contributed by atoms with Crippen LogP contribution in [0.2, 0.25) is 0 Å². The quantitative estimate of drug-likeness (QED) is 0.599. The smallest absolute Gasteiger partial charge is 0.228 e. The zero-order valence-electron chi connectivity index (χ0n) is 18.9. The lowest BCUT2D eigenvalue weighted by atomic mass is 9.83. The van der Waals surface area contributed by atoms with Gasteiger partial charge in [0.2, 0.25) is 6.35 Å². The van der Waals surface area contributed by atoms with Gasteiger partial charge < -0.3 is 15.3 Å². The number of aliphatic hydroxyl groups excluding tert-OH is 1. The van der Waals surface area contributed by atoms with Gasteiger partial charge in [0.15, 0.2) is 0 Å². The summed E-state index contributed by atoms with van der Waals surface area (Å²) in [7, 11) is 0. The van der Waals surface area contributed by atoms with Gasteiger partial charge >= 0.3 is 0 Å². The van der Waals surface area contributed by atoms with Crippen molar-refractivity contribution in [3.8, 4) is 0 Å². The standard InChI is InChI=1S/C26H32BrFN4O/c27-20-7-4-6-19(16-20)18-31-14-12-26(13-15-31)24(29-22-9-2-1-3-10-22)30-25(33)32(26)23-11-5-8-21(28)17-23/h4-8,11,16-17,22,25,33H,1-3,9-10,12-15,18H2,(H,29,30). The predicted octanol–water partition coefficient (Wildman–Crippen LogP) is 5.04. The van der Waals surface area contributed by atoms with Crippen LogP contribution in [0.4, 0.5) is 10.1 Å². The predicted molar refractivity (Wildman–Crippen MR) is 134 cm³/mol. The second-order valence-corrected chi connectivity index (χ2v) is 10.5. The van der Waals surface area contributed by atoms with Crippen LogP contribution in [0.1, 0.15) is 50.5 Å². The molecule has 1 spiro atoms. The first kappa shape index (κ1) is 22.8. The van der Waals surface area contributed by atoms with Gasteiger partial charge in [-0.25, -0.2) is 9.38 Å². The summed E-state index contributed by atoms with van der Waals surface area (Å²) in [6.07, 6.45) is 6.68. The Balaban J connectivity index is 1.39. The molecule has 176 valence electrons. The largest absolute Gasteiger partial charge is 0.369 e. The minimum atomic E-state index is -1.01. The average molecular weight is 515 g/mol. The molecule has 2 fully saturated rings. The summed E-state index contributed by atoms with van der Waals surface area (Å²) in [5.74, 6) is 0.587. The minimum absolute atomic E-state index is 0.296. The SMILES string of the molecule is OC1N=C(NC2CCCCC2)C2(CCN(Cc3cccc(Br)c3)CC2)N1c1cccc(F)c1. The van der Waals surface area contributed by atoms with Crippen molar-refractivity contribution in [1.29, 1.82) is 0 Å². The van der Waals surface area contributed by atoms with E-state index in [9.17, 15) is 9.50 Å². The van der Waals surface area contributed by atoms with Crippen LogP contribution < -0.4 is 10.2 Å². The fourth-order valence-corrected chi connectivity index (χ4v) is 6.15. The molecule has 1 unspecified atom stereocenters. The number of aliphatic imine (C=N–C) groups is 1. The summed E-state index contributed by atoms with van der Waals surface area (Å²) in [4.78, 5) is 9.11. The van der Waals surface area contributed by atoms with E-state index in [1.807, 2.05) is 17.0 Å². The Labute approximate surface area is 203 Å². The number of likely N-dealkylation sites (tertiary alicyclic amines) is 1. The monoisotopic (exact) mass is 514 g/mol. The van der Waals surface area contributed by atoms with Gasteiger partial charge in [-0.1, -0.05) is 53.4 Å². The number of nitrogens with zero attached hydrogens (tertiary/aromatic N) is 3. The van der Waals surface area contributed by atoms with Crippen LogP contribution in [0.3, 0.4) is 0 Å². The Morgan fingerprint density at radius 1 is 1.06 bits per heavy atom. The topological polar surface area (TPSA) is 51.1 Å². The van der Waals surface area contributed by atoms with E-state index in [-0.39, 0.29) is 5.82 Å². The number of hydrogen-bond acceptors (Lipinski definition) is 5. The molecule has 1 saturated heterocycles. The molecule has 5 nitrogen and oxygen atoms in total. The molecule has 5 rings (SSSR count). The first-order chi connectivity index (χ1) is 16.0. The van der Waals surface area contributed by atoms with Gasteiger partial charge in [-0.3, -0.25) is 4.90 Å². The summed E-state index contributed by atoms with van der Waals surface area (Å²) in [6.45, 7) is 2.66. The number of hydrogen-bond donors (Lipinski definition) is 2. The molecule has 2 aromatic carbocycles. The number of aliphatic hydroxyl groups is 1. The Hall–Kier alpha value is -1.96. The lowest BCUT2D eigenvalue weighted by Gasteiger charge is -2.47.